The lowest BCUT2D eigenvalue weighted by Crippen LogP contribution is -2.30. The molecular formula is C23H26Cl2N2O4. The molecule has 0 atom stereocenters. The summed E-state index contributed by atoms with van der Waals surface area (Å²) in [4.78, 5) is 23.6. The van der Waals surface area contributed by atoms with Crippen molar-refractivity contribution in [3.05, 3.63) is 58.1 Å². The van der Waals surface area contributed by atoms with Crippen LogP contribution in [0, 0.1) is 0 Å². The van der Waals surface area contributed by atoms with Gasteiger partial charge in [0.15, 0.2) is 6.61 Å². The predicted octanol–water partition coefficient (Wildman–Crippen LogP) is 4.17. The van der Waals surface area contributed by atoms with Crippen LogP contribution >= 0.6 is 23.2 Å². The first kappa shape index (κ1) is 23.2. The number of carbonyl (C=O) groups excluding carboxylic acids is 2. The molecule has 31 heavy (non-hydrogen) atoms. The van der Waals surface area contributed by atoms with Crippen LogP contribution in [0.5, 0.6) is 11.5 Å². The van der Waals surface area contributed by atoms with E-state index in [1.165, 1.54) is 0 Å². The second-order valence-corrected chi connectivity index (χ2v) is 8.16. The number of rotatable bonds is 12. The summed E-state index contributed by atoms with van der Waals surface area (Å²) in [5, 5.41) is 6.61. The molecule has 3 rings (SSSR count). The molecule has 2 N–H and O–H groups in total. The van der Waals surface area contributed by atoms with Gasteiger partial charge in [-0.3, -0.25) is 9.59 Å². The van der Waals surface area contributed by atoms with E-state index in [-0.39, 0.29) is 18.4 Å². The summed E-state index contributed by atoms with van der Waals surface area (Å²) >= 11 is 12.0. The van der Waals surface area contributed by atoms with Crippen LogP contribution in [-0.2, 0) is 16.0 Å². The molecule has 1 saturated carbocycles. The number of amides is 2. The number of nitrogens with one attached hydrogen (secondary N) is 2. The van der Waals surface area contributed by atoms with Crippen molar-refractivity contribution in [2.24, 2.45) is 0 Å². The van der Waals surface area contributed by atoms with Crippen molar-refractivity contribution < 1.29 is 19.1 Å². The van der Waals surface area contributed by atoms with Crippen molar-refractivity contribution in [1.82, 2.24) is 10.6 Å². The Bertz CT molecular complexity index is 886. The van der Waals surface area contributed by atoms with E-state index >= 15 is 0 Å². The third-order valence-corrected chi connectivity index (χ3v) is 5.50. The Balaban J connectivity index is 1.26. The van der Waals surface area contributed by atoms with Gasteiger partial charge in [-0.15, -0.1) is 0 Å². The molecule has 0 spiro atoms. The van der Waals surface area contributed by atoms with Gasteiger partial charge in [-0.1, -0.05) is 41.4 Å². The lowest BCUT2D eigenvalue weighted by Gasteiger charge is -2.09. The molecule has 0 aromatic heterocycles. The third kappa shape index (κ3) is 8.31. The maximum atomic E-state index is 12.0. The Labute approximate surface area is 192 Å². The van der Waals surface area contributed by atoms with Crippen molar-refractivity contribution in [1.29, 1.82) is 0 Å². The van der Waals surface area contributed by atoms with Crippen LogP contribution in [0.2, 0.25) is 10.0 Å². The fourth-order valence-corrected chi connectivity index (χ4v) is 3.19. The molecule has 2 aromatic carbocycles. The van der Waals surface area contributed by atoms with E-state index in [2.05, 4.69) is 10.6 Å². The molecular weight excluding hydrogens is 439 g/mol. The molecule has 2 aromatic rings. The van der Waals surface area contributed by atoms with Crippen molar-refractivity contribution in [2.45, 2.75) is 38.1 Å². The minimum Gasteiger partial charge on any atom is -0.492 e. The van der Waals surface area contributed by atoms with Gasteiger partial charge < -0.3 is 20.1 Å². The summed E-state index contributed by atoms with van der Waals surface area (Å²) in [5.41, 5.74) is 1.08. The SMILES string of the molecule is O=C(CCCOc1cccc(Cl)c1Cl)NCCc1ccc(OCC(=O)NC2CC2)cc1. The highest BCUT2D eigenvalue weighted by Crippen LogP contribution is 2.31. The van der Waals surface area contributed by atoms with Crippen LogP contribution in [0.1, 0.15) is 31.2 Å². The number of carbonyl (C=O) groups is 2. The van der Waals surface area contributed by atoms with Crippen LogP contribution < -0.4 is 20.1 Å². The maximum Gasteiger partial charge on any atom is 0.258 e. The zero-order valence-electron chi connectivity index (χ0n) is 17.2. The van der Waals surface area contributed by atoms with Crippen LogP contribution in [0.3, 0.4) is 0 Å². The van der Waals surface area contributed by atoms with E-state index in [4.69, 9.17) is 32.7 Å². The highest BCUT2D eigenvalue weighted by molar-refractivity contribution is 6.42. The van der Waals surface area contributed by atoms with Gasteiger partial charge in [-0.2, -0.15) is 0 Å². The Hall–Kier alpha value is -2.44. The molecule has 0 saturated heterocycles. The van der Waals surface area contributed by atoms with E-state index in [9.17, 15) is 9.59 Å². The van der Waals surface area contributed by atoms with Gasteiger partial charge in [-0.25, -0.2) is 0 Å². The zero-order chi connectivity index (χ0) is 22.1. The quantitative estimate of drug-likeness (QED) is 0.462. The van der Waals surface area contributed by atoms with Gasteiger partial charge in [-0.05, 0) is 55.5 Å². The van der Waals surface area contributed by atoms with Crippen LogP contribution in [0.25, 0.3) is 0 Å². The second-order valence-electron chi connectivity index (χ2n) is 7.38. The molecule has 2 amide bonds. The largest absolute Gasteiger partial charge is 0.492 e. The lowest BCUT2D eigenvalue weighted by atomic mass is 10.1. The van der Waals surface area contributed by atoms with E-state index in [1.807, 2.05) is 24.3 Å². The van der Waals surface area contributed by atoms with Crippen molar-refractivity contribution in [2.75, 3.05) is 19.8 Å². The number of hydrogen-bond donors (Lipinski definition) is 2. The van der Waals surface area contributed by atoms with Crippen molar-refractivity contribution >= 4 is 35.0 Å². The molecule has 0 heterocycles. The topological polar surface area (TPSA) is 76.7 Å². The minimum absolute atomic E-state index is 0.0255. The molecule has 166 valence electrons. The molecule has 0 unspecified atom stereocenters. The lowest BCUT2D eigenvalue weighted by molar-refractivity contribution is -0.123. The van der Waals surface area contributed by atoms with Gasteiger partial charge in [0.25, 0.3) is 5.91 Å². The smallest absolute Gasteiger partial charge is 0.258 e. The van der Waals surface area contributed by atoms with Gasteiger partial charge in [0.1, 0.15) is 16.5 Å². The molecule has 1 fully saturated rings. The fourth-order valence-electron chi connectivity index (χ4n) is 2.84. The first-order valence-corrected chi connectivity index (χ1v) is 11.1. The van der Waals surface area contributed by atoms with E-state index in [0.717, 1.165) is 18.4 Å². The number of benzene rings is 2. The van der Waals surface area contributed by atoms with Gasteiger partial charge in [0.2, 0.25) is 5.91 Å². The Kier molecular flexibility index (Phi) is 8.85. The van der Waals surface area contributed by atoms with Gasteiger partial charge >= 0.3 is 0 Å². The Morgan fingerprint density at radius 2 is 1.77 bits per heavy atom. The van der Waals surface area contributed by atoms with Crippen LogP contribution in [-0.4, -0.2) is 37.6 Å². The fraction of sp³-hybridized carbons (Fsp3) is 0.391. The summed E-state index contributed by atoms with van der Waals surface area (Å²) < 4.78 is 11.1. The summed E-state index contributed by atoms with van der Waals surface area (Å²) in [5.74, 6) is 1.06. The molecule has 0 aliphatic heterocycles. The highest BCUT2D eigenvalue weighted by Gasteiger charge is 2.23. The first-order valence-electron chi connectivity index (χ1n) is 10.4. The van der Waals surface area contributed by atoms with Crippen molar-refractivity contribution in [3.8, 4) is 11.5 Å². The van der Waals surface area contributed by atoms with E-state index < -0.39 is 0 Å². The zero-order valence-corrected chi connectivity index (χ0v) is 18.7. The second kappa shape index (κ2) is 11.8. The number of ether oxygens (including phenoxy) is 2. The average Bonchev–Trinajstić information content (AvgIpc) is 3.57. The third-order valence-electron chi connectivity index (χ3n) is 4.69. The van der Waals surface area contributed by atoms with Gasteiger partial charge in [0.05, 0.1) is 11.6 Å². The van der Waals surface area contributed by atoms with Gasteiger partial charge in [0, 0.05) is 19.0 Å². The van der Waals surface area contributed by atoms with Crippen LogP contribution in [0.4, 0.5) is 0 Å². The predicted molar refractivity (Wildman–Crippen MR) is 121 cm³/mol. The maximum absolute atomic E-state index is 12.0. The number of hydrogen-bond acceptors (Lipinski definition) is 4. The van der Waals surface area contributed by atoms with E-state index in [1.54, 1.807) is 18.2 Å². The summed E-state index contributed by atoms with van der Waals surface area (Å²) in [6.07, 6.45) is 3.77. The van der Waals surface area contributed by atoms with Crippen LogP contribution in [0.15, 0.2) is 42.5 Å². The Morgan fingerprint density at radius 3 is 2.52 bits per heavy atom. The van der Waals surface area contributed by atoms with E-state index in [0.29, 0.717) is 60.0 Å². The van der Waals surface area contributed by atoms with Crippen molar-refractivity contribution in [3.63, 3.8) is 0 Å². The molecule has 1 aliphatic rings. The monoisotopic (exact) mass is 464 g/mol. The molecule has 0 radical (unpaired) electrons. The molecule has 0 bridgehead atoms. The average molecular weight is 465 g/mol. The Morgan fingerprint density at radius 1 is 1.00 bits per heavy atom. The first-order chi connectivity index (χ1) is 15.0. The molecule has 1 aliphatic carbocycles. The summed E-state index contributed by atoms with van der Waals surface area (Å²) in [6, 6.07) is 13.1. The standard InChI is InChI=1S/C23H26Cl2N2O4/c24-19-3-1-4-20(23(19)25)30-14-2-5-21(28)26-13-12-16-6-10-18(11-7-16)31-15-22(29)27-17-8-9-17/h1,3-4,6-7,10-11,17H,2,5,8-9,12-15H2,(H,26,28)(H,27,29). The summed E-state index contributed by atoms with van der Waals surface area (Å²) in [7, 11) is 0. The molecule has 8 heteroatoms. The normalized spacial score (nSPS) is 12.8. The molecule has 6 nitrogen and oxygen atoms in total. The highest BCUT2D eigenvalue weighted by atomic mass is 35.5. The summed E-state index contributed by atoms with van der Waals surface area (Å²) in [6.45, 7) is 0.955. The number of halogens is 2. The minimum atomic E-state index is -0.0876.